The molecule has 55 heavy (non-hydrogen) atoms. The van der Waals surface area contributed by atoms with Gasteiger partial charge in [-0.15, -0.1) is 22.7 Å². The summed E-state index contributed by atoms with van der Waals surface area (Å²) in [4.78, 5) is 16.2. The number of benzene rings is 8. The summed E-state index contributed by atoms with van der Waals surface area (Å²) in [5, 5.41) is 9.03. The Balaban J connectivity index is 1.19. The first-order valence-electron chi connectivity index (χ1n) is 18.3. The molecule has 0 fully saturated rings. The molecule has 0 radical (unpaired) electrons. The minimum absolute atomic E-state index is 0.626. The van der Waals surface area contributed by atoms with E-state index in [-0.39, 0.29) is 0 Å². The van der Waals surface area contributed by atoms with Crippen LogP contribution in [0.1, 0.15) is 0 Å². The molecule has 12 rings (SSSR count). The van der Waals surface area contributed by atoms with E-state index in [4.69, 9.17) is 19.4 Å². The molecule has 4 aromatic heterocycles. The van der Waals surface area contributed by atoms with Crippen molar-refractivity contribution in [3.63, 3.8) is 0 Å². The van der Waals surface area contributed by atoms with Gasteiger partial charge in [0.2, 0.25) is 0 Å². The van der Waals surface area contributed by atoms with E-state index in [0.29, 0.717) is 17.5 Å². The van der Waals surface area contributed by atoms with Crippen LogP contribution < -0.4 is 0 Å². The lowest BCUT2D eigenvalue weighted by Crippen LogP contribution is -2.01. The molecule has 0 spiro atoms. The van der Waals surface area contributed by atoms with E-state index in [1.54, 1.807) is 22.7 Å². The average molecular weight is 738 g/mol. The van der Waals surface area contributed by atoms with Gasteiger partial charge in [-0.1, -0.05) is 121 Å². The number of rotatable bonds is 4. The van der Waals surface area contributed by atoms with E-state index >= 15 is 0 Å². The largest absolute Gasteiger partial charge is 0.455 e. The fourth-order valence-electron chi connectivity index (χ4n) is 8.18. The van der Waals surface area contributed by atoms with E-state index in [2.05, 4.69) is 152 Å². The molecule has 0 aliphatic rings. The van der Waals surface area contributed by atoms with Crippen molar-refractivity contribution in [1.29, 1.82) is 0 Å². The number of fused-ring (bicyclic) bond motifs is 11. The summed E-state index contributed by atoms with van der Waals surface area (Å²) in [5.41, 5.74) is 6.91. The Labute approximate surface area is 322 Å². The summed E-state index contributed by atoms with van der Waals surface area (Å²) >= 11 is 3.58. The second-order valence-electron chi connectivity index (χ2n) is 13.9. The standard InChI is InChI=1S/C49H27N3OS2/c1-2-12-28(13-3-1)29-24-25-30-38(26-29)44-39(31-14-4-7-21-41(31)53-44)27-40(30)49-51-47(36-19-10-17-34-32-15-5-8-22-42(32)54-45(34)36)50-48(52-49)37-20-11-18-35-33-16-6-9-23-43(33)55-46(35)37/h1-27H. The number of aromatic nitrogens is 3. The monoisotopic (exact) mass is 737 g/mol. The van der Waals surface area contributed by atoms with Gasteiger partial charge in [-0.3, -0.25) is 0 Å². The van der Waals surface area contributed by atoms with E-state index in [1.807, 2.05) is 12.1 Å². The van der Waals surface area contributed by atoms with Crippen molar-refractivity contribution in [2.45, 2.75) is 0 Å². The molecule has 4 heterocycles. The van der Waals surface area contributed by atoms with Crippen LogP contribution in [0.25, 0.3) is 118 Å². The molecule has 0 N–H and O–H groups in total. The lowest BCUT2D eigenvalue weighted by atomic mass is 9.95. The highest BCUT2D eigenvalue weighted by Crippen LogP contribution is 2.44. The van der Waals surface area contributed by atoms with Gasteiger partial charge in [0, 0.05) is 73.2 Å². The maximum Gasteiger partial charge on any atom is 0.165 e. The van der Waals surface area contributed by atoms with Gasteiger partial charge in [0.25, 0.3) is 0 Å². The molecule has 0 saturated carbocycles. The second-order valence-corrected chi connectivity index (χ2v) is 16.0. The normalized spacial score (nSPS) is 12.0. The summed E-state index contributed by atoms with van der Waals surface area (Å²) in [6.07, 6.45) is 0. The minimum Gasteiger partial charge on any atom is -0.455 e. The van der Waals surface area contributed by atoms with Crippen LogP contribution in [0.3, 0.4) is 0 Å². The summed E-state index contributed by atoms with van der Waals surface area (Å²) < 4.78 is 11.5. The molecule has 0 saturated heterocycles. The third kappa shape index (κ3) is 4.72. The molecule has 0 amide bonds. The van der Waals surface area contributed by atoms with E-state index in [0.717, 1.165) is 60.5 Å². The first-order valence-corrected chi connectivity index (χ1v) is 19.9. The van der Waals surface area contributed by atoms with Gasteiger partial charge in [-0.05, 0) is 59.0 Å². The lowest BCUT2D eigenvalue weighted by molar-refractivity contribution is 0.672. The van der Waals surface area contributed by atoms with Crippen LogP contribution in [-0.4, -0.2) is 15.0 Å². The van der Waals surface area contributed by atoms with E-state index < -0.39 is 0 Å². The highest BCUT2D eigenvalue weighted by Gasteiger charge is 2.22. The van der Waals surface area contributed by atoms with Gasteiger partial charge in [0.05, 0.1) is 0 Å². The van der Waals surface area contributed by atoms with Gasteiger partial charge < -0.3 is 4.42 Å². The minimum atomic E-state index is 0.626. The zero-order chi connectivity index (χ0) is 36.0. The third-order valence-corrected chi connectivity index (χ3v) is 13.2. The Hall–Kier alpha value is -6.73. The fourth-order valence-corrected chi connectivity index (χ4v) is 10.6. The molecule has 256 valence electrons. The van der Waals surface area contributed by atoms with Crippen molar-refractivity contribution in [3.8, 4) is 45.3 Å². The van der Waals surface area contributed by atoms with Gasteiger partial charge >= 0.3 is 0 Å². The Kier molecular flexibility index (Phi) is 6.64. The zero-order valence-electron chi connectivity index (χ0n) is 29.2. The Bertz CT molecular complexity index is 3370. The predicted octanol–water partition coefficient (Wildman–Crippen LogP) is 14.3. The third-order valence-electron chi connectivity index (χ3n) is 10.8. The number of nitrogens with zero attached hydrogens (tertiary/aromatic N) is 3. The van der Waals surface area contributed by atoms with Gasteiger partial charge in [0.1, 0.15) is 11.2 Å². The van der Waals surface area contributed by atoms with Crippen molar-refractivity contribution in [3.05, 3.63) is 164 Å². The summed E-state index contributed by atoms with van der Waals surface area (Å²) in [7, 11) is 0. The molecule has 0 aliphatic carbocycles. The van der Waals surface area contributed by atoms with Crippen LogP contribution in [0.15, 0.2) is 168 Å². The summed E-state index contributed by atoms with van der Waals surface area (Å²) in [5.74, 6) is 1.93. The SMILES string of the molecule is c1ccc(-c2ccc3c(-c4nc(-c5cccc6c5sc5ccccc56)nc(-c5cccc6c5sc5ccccc56)n4)cc4c5ccccc5oc4c3c2)cc1. The van der Waals surface area contributed by atoms with Gasteiger partial charge in [-0.2, -0.15) is 0 Å². The van der Waals surface area contributed by atoms with Crippen LogP contribution in [0.2, 0.25) is 0 Å². The topological polar surface area (TPSA) is 51.8 Å². The summed E-state index contributed by atoms with van der Waals surface area (Å²) in [6.45, 7) is 0. The maximum absolute atomic E-state index is 6.64. The zero-order valence-corrected chi connectivity index (χ0v) is 30.8. The van der Waals surface area contributed by atoms with E-state index in [9.17, 15) is 0 Å². The number of hydrogen-bond acceptors (Lipinski definition) is 6. The summed E-state index contributed by atoms with van der Waals surface area (Å²) in [6, 6.07) is 57.8. The molecular weight excluding hydrogens is 711 g/mol. The smallest absolute Gasteiger partial charge is 0.165 e. The first-order chi connectivity index (χ1) is 27.2. The van der Waals surface area contributed by atoms with Crippen molar-refractivity contribution >= 4 is 95.7 Å². The Morgan fingerprint density at radius 3 is 1.53 bits per heavy atom. The molecule has 0 aliphatic heterocycles. The lowest BCUT2D eigenvalue weighted by Gasteiger charge is -2.13. The van der Waals surface area contributed by atoms with Gasteiger partial charge in [-0.25, -0.2) is 15.0 Å². The maximum atomic E-state index is 6.64. The Morgan fingerprint density at radius 1 is 0.345 bits per heavy atom. The van der Waals surface area contributed by atoms with Crippen molar-refractivity contribution in [2.75, 3.05) is 0 Å². The van der Waals surface area contributed by atoms with Crippen LogP contribution >= 0.6 is 22.7 Å². The number of hydrogen-bond donors (Lipinski definition) is 0. The number of furan rings is 1. The van der Waals surface area contributed by atoms with Crippen molar-refractivity contribution in [1.82, 2.24) is 15.0 Å². The molecule has 8 aromatic carbocycles. The highest BCUT2D eigenvalue weighted by atomic mass is 32.1. The van der Waals surface area contributed by atoms with Crippen molar-refractivity contribution in [2.24, 2.45) is 0 Å². The molecule has 0 atom stereocenters. The fraction of sp³-hybridized carbons (Fsp3) is 0. The molecule has 6 heteroatoms. The highest BCUT2D eigenvalue weighted by molar-refractivity contribution is 7.26. The van der Waals surface area contributed by atoms with Crippen LogP contribution in [-0.2, 0) is 0 Å². The van der Waals surface area contributed by atoms with E-state index in [1.165, 1.54) is 40.3 Å². The predicted molar refractivity (Wildman–Crippen MR) is 232 cm³/mol. The molecule has 0 bridgehead atoms. The van der Waals surface area contributed by atoms with Gasteiger partial charge in [0.15, 0.2) is 17.5 Å². The Morgan fingerprint density at radius 2 is 0.873 bits per heavy atom. The molecular formula is C49H27N3OS2. The van der Waals surface area contributed by atoms with Crippen LogP contribution in [0.4, 0.5) is 0 Å². The number of thiophene rings is 2. The van der Waals surface area contributed by atoms with Crippen LogP contribution in [0, 0.1) is 0 Å². The molecule has 4 nitrogen and oxygen atoms in total. The van der Waals surface area contributed by atoms with Crippen molar-refractivity contribution < 1.29 is 4.42 Å². The molecule has 0 unspecified atom stereocenters. The molecule has 12 aromatic rings. The second kappa shape index (κ2) is 11.9. The van der Waals surface area contributed by atoms with Crippen LogP contribution in [0.5, 0.6) is 0 Å². The number of para-hydroxylation sites is 1. The quantitative estimate of drug-likeness (QED) is 0.180. The average Bonchev–Trinajstić information content (AvgIpc) is 3.95. The first kappa shape index (κ1) is 30.7.